The third kappa shape index (κ3) is 7.63. The molecule has 0 aliphatic rings. The molecule has 0 saturated heterocycles. The van der Waals surface area contributed by atoms with Gasteiger partial charge in [0, 0.05) is 24.8 Å². The summed E-state index contributed by atoms with van der Waals surface area (Å²) in [5.41, 5.74) is 7.18. The second kappa shape index (κ2) is 14.8. The van der Waals surface area contributed by atoms with E-state index in [2.05, 4.69) is 53.7 Å². The molecule has 252 valence electrons. The van der Waals surface area contributed by atoms with E-state index in [0.29, 0.717) is 32.9 Å². The third-order valence-corrected chi connectivity index (χ3v) is 9.61. The number of aromatic nitrogens is 1. The Morgan fingerprint density at radius 3 is 2.24 bits per heavy atom. The summed E-state index contributed by atoms with van der Waals surface area (Å²) in [6, 6.07) is 33.3. The van der Waals surface area contributed by atoms with Crippen molar-refractivity contribution in [1.29, 1.82) is 0 Å². The minimum absolute atomic E-state index is 0.184. The van der Waals surface area contributed by atoms with Crippen LogP contribution in [0.1, 0.15) is 68.2 Å². The highest BCUT2D eigenvalue weighted by Gasteiger charge is 2.27. The van der Waals surface area contributed by atoms with Gasteiger partial charge in [0.25, 0.3) is 11.8 Å². The highest BCUT2D eigenvalue weighted by molar-refractivity contribution is 7.20. The van der Waals surface area contributed by atoms with Gasteiger partial charge in [-0.25, -0.2) is 9.37 Å². The number of nitrogens with zero attached hydrogens (tertiary/aromatic N) is 2. The first-order valence-electron chi connectivity index (χ1n) is 16.3. The van der Waals surface area contributed by atoms with Crippen molar-refractivity contribution in [3.05, 3.63) is 154 Å². The number of halogens is 1. The van der Waals surface area contributed by atoms with Gasteiger partial charge in [0.05, 0.1) is 10.2 Å². The molecule has 0 aliphatic carbocycles. The molecule has 0 radical (unpaired) electrons. The van der Waals surface area contributed by atoms with Gasteiger partial charge in [-0.2, -0.15) is 0 Å². The van der Waals surface area contributed by atoms with Crippen molar-refractivity contribution < 1.29 is 18.8 Å². The summed E-state index contributed by atoms with van der Waals surface area (Å²) in [5, 5.41) is 6.09. The van der Waals surface area contributed by atoms with E-state index in [-0.39, 0.29) is 29.2 Å². The molecule has 1 aromatic heterocycles. The zero-order valence-electron chi connectivity index (χ0n) is 28.2. The van der Waals surface area contributed by atoms with Crippen LogP contribution in [-0.2, 0) is 11.3 Å². The number of likely N-dealkylation sites (N-methyl/N-ethyl adjacent to an activating group) is 1. The van der Waals surface area contributed by atoms with Gasteiger partial charge in [-0.3, -0.25) is 14.4 Å². The molecule has 7 nitrogen and oxygen atoms in total. The minimum Gasteiger partial charge on any atom is -0.339 e. The summed E-state index contributed by atoms with van der Waals surface area (Å²) in [7, 11) is 1.64. The highest BCUT2D eigenvalue weighted by Crippen LogP contribution is 2.31. The summed E-state index contributed by atoms with van der Waals surface area (Å²) in [4.78, 5) is 46.9. The predicted octanol–water partition coefficient (Wildman–Crippen LogP) is 8.92. The zero-order valence-corrected chi connectivity index (χ0v) is 29.1. The molecule has 2 N–H and O–H groups in total. The number of amides is 3. The van der Waals surface area contributed by atoms with Crippen molar-refractivity contribution in [1.82, 2.24) is 15.2 Å². The first kappa shape index (κ1) is 34.2. The van der Waals surface area contributed by atoms with Crippen LogP contribution in [0.15, 0.2) is 115 Å². The first-order chi connectivity index (χ1) is 24.1. The zero-order chi connectivity index (χ0) is 35.4. The average Bonchev–Trinajstić information content (AvgIpc) is 3.55. The Labute approximate surface area is 294 Å². The maximum atomic E-state index is 13.7. The molecule has 6 rings (SSSR count). The van der Waals surface area contributed by atoms with Gasteiger partial charge >= 0.3 is 0 Å². The Kier molecular flexibility index (Phi) is 10.2. The molecule has 1 heterocycles. The van der Waals surface area contributed by atoms with Crippen molar-refractivity contribution in [3.63, 3.8) is 0 Å². The topological polar surface area (TPSA) is 91.4 Å². The minimum atomic E-state index is -0.971. The van der Waals surface area contributed by atoms with Gasteiger partial charge < -0.3 is 15.5 Å². The molecular weight excluding hydrogens is 648 g/mol. The SMILES string of the molecule is Cc1cccc(C(=O)Nc2ccc3nc(C(=O)N[C@H](C(=O)N(C)Cc4ccc(F)cc4)c4ccccc4)sc3c2)c1-c1ccc(C(C)C)cc1. The molecule has 5 aromatic carbocycles. The number of rotatable bonds is 10. The van der Waals surface area contributed by atoms with E-state index >= 15 is 0 Å². The lowest BCUT2D eigenvalue weighted by Crippen LogP contribution is -2.41. The van der Waals surface area contributed by atoms with Gasteiger partial charge in [-0.1, -0.05) is 92.7 Å². The second-order valence-corrected chi connectivity index (χ2v) is 13.6. The Morgan fingerprint density at radius 2 is 1.54 bits per heavy atom. The number of fused-ring (bicyclic) bond motifs is 1. The fourth-order valence-corrected chi connectivity index (χ4v) is 6.77. The van der Waals surface area contributed by atoms with E-state index in [0.717, 1.165) is 22.3 Å². The van der Waals surface area contributed by atoms with Gasteiger partial charge in [0.15, 0.2) is 5.01 Å². The third-order valence-electron chi connectivity index (χ3n) is 8.59. The van der Waals surface area contributed by atoms with Crippen LogP contribution in [0.3, 0.4) is 0 Å². The van der Waals surface area contributed by atoms with Crippen LogP contribution in [0, 0.1) is 12.7 Å². The van der Waals surface area contributed by atoms with Gasteiger partial charge in [-0.15, -0.1) is 11.3 Å². The van der Waals surface area contributed by atoms with E-state index in [1.54, 1.807) is 61.6 Å². The average molecular weight is 685 g/mol. The van der Waals surface area contributed by atoms with E-state index < -0.39 is 11.9 Å². The summed E-state index contributed by atoms with van der Waals surface area (Å²) >= 11 is 1.17. The lowest BCUT2D eigenvalue weighted by molar-refractivity contribution is -0.132. The quantitative estimate of drug-likeness (QED) is 0.151. The number of thiazole rings is 1. The second-order valence-electron chi connectivity index (χ2n) is 12.6. The Hall–Kier alpha value is -5.67. The summed E-state index contributed by atoms with van der Waals surface area (Å²) in [5.74, 6) is -1.02. The number of hydrogen-bond acceptors (Lipinski definition) is 5. The van der Waals surface area contributed by atoms with Gasteiger partial charge in [-0.05, 0) is 82.6 Å². The van der Waals surface area contributed by atoms with Gasteiger partial charge in [0.2, 0.25) is 5.91 Å². The van der Waals surface area contributed by atoms with Crippen LogP contribution >= 0.6 is 11.3 Å². The number of benzene rings is 5. The molecule has 0 bridgehead atoms. The van der Waals surface area contributed by atoms with Crippen LogP contribution in [-0.4, -0.2) is 34.7 Å². The lowest BCUT2D eigenvalue weighted by atomic mass is 9.92. The number of aryl methyl sites for hydroxylation is 1. The Morgan fingerprint density at radius 1 is 0.820 bits per heavy atom. The summed E-state index contributed by atoms with van der Waals surface area (Å²) < 4.78 is 14.1. The van der Waals surface area contributed by atoms with Crippen LogP contribution in [0.5, 0.6) is 0 Å². The van der Waals surface area contributed by atoms with Crippen LogP contribution in [0.25, 0.3) is 21.3 Å². The maximum Gasteiger partial charge on any atom is 0.281 e. The molecule has 3 amide bonds. The van der Waals surface area contributed by atoms with Gasteiger partial charge in [0.1, 0.15) is 11.9 Å². The van der Waals surface area contributed by atoms with E-state index in [1.807, 2.05) is 31.2 Å². The molecule has 0 unspecified atom stereocenters. The standard InChI is InChI=1S/C41H37FN4O3S/c1-25(2)28-15-17-29(18-16-28)36-26(3)9-8-12-33(36)38(47)43-32-21-22-34-35(23-32)50-40(44-34)39(48)45-37(30-10-6-5-7-11-30)41(49)46(4)24-27-13-19-31(42)20-14-27/h5-23,25,37H,24H2,1-4H3,(H,43,47)(H,45,48)/t37-/m0/s1. The Bertz CT molecular complexity index is 2160. The van der Waals surface area contributed by atoms with Crippen molar-refractivity contribution in [3.8, 4) is 11.1 Å². The van der Waals surface area contributed by atoms with Crippen LogP contribution in [0.2, 0.25) is 0 Å². The molecule has 9 heteroatoms. The van der Waals surface area contributed by atoms with Crippen molar-refractivity contribution in [2.24, 2.45) is 0 Å². The predicted molar refractivity (Wildman–Crippen MR) is 198 cm³/mol. The molecular formula is C41H37FN4O3S. The van der Waals surface area contributed by atoms with Crippen LogP contribution < -0.4 is 10.6 Å². The monoisotopic (exact) mass is 684 g/mol. The molecule has 0 saturated carbocycles. The molecule has 0 spiro atoms. The first-order valence-corrected chi connectivity index (χ1v) is 17.2. The lowest BCUT2D eigenvalue weighted by Gasteiger charge is -2.25. The number of carbonyl (C=O) groups is 3. The smallest absolute Gasteiger partial charge is 0.281 e. The van der Waals surface area contributed by atoms with Crippen molar-refractivity contribution in [2.45, 2.75) is 39.3 Å². The normalized spacial score (nSPS) is 11.7. The van der Waals surface area contributed by atoms with E-state index in [4.69, 9.17) is 0 Å². The molecule has 6 aromatic rings. The van der Waals surface area contributed by atoms with E-state index in [9.17, 15) is 18.8 Å². The maximum absolute atomic E-state index is 13.7. The molecule has 1 atom stereocenters. The number of hydrogen-bond donors (Lipinski definition) is 2. The molecule has 0 aliphatic heterocycles. The Balaban J connectivity index is 1.20. The van der Waals surface area contributed by atoms with E-state index in [1.165, 1.54) is 33.9 Å². The van der Waals surface area contributed by atoms with Crippen molar-refractivity contribution >= 4 is 45.0 Å². The number of nitrogens with one attached hydrogen (secondary N) is 2. The number of carbonyl (C=O) groups excluding carboxylic acids is 3. The highest BCUT2D eigenvalue weighted by atomic mass is 32.1. The molecule has 50 heavy (non-hydrogen) atoms. The molecule has 0 fully saturated rings. The van der Waals surface area contributed by atoms with Crippen LogP contribution in [0.4, 0.5) is 10.1 Å². The largest absolute Gasteiger partial charge is 0.339 e. The summed E-state index contributed by atoms with van der Waals surface area (Å²) in [6.07, 6.45) is 0. The fourth-order valence-electron chi connectivity index (χ4n) is 5.86. The van der Waals surface area contributed by atoms with Crippen molar-refractivity contribution in [2.75, 3.05) is 12.4 Å². The summed E-state index contributed by atoms with van der Waals surface area (Å²) in [6.45, 7) is 6.54. The number of anilines is 1. The fraction of sp³-hybridized carbons (Fsp3) is 0.171.